The van der Waals surface area contributed by atoms with E-state index in [4.69, 9.17) is 0 Å². The fourth-order valence-electron chi connectivity index (χ4n) is 2.98. The Hall–Kier alpha value is -2.54. The lowest BCUT2D eigenvalue weighted by Crippen LogP contribution is -2.31. The minimum atomic E-state index is -0.560. The lowest BCUT2D eigenvalue weighted by Gasteiger charge is -2.16. The van der Waals surface area contributed by atoms with Gasteiger partial charge in [-0.15, -0.1) is 0 Å². The first-order valence-electron chi connectivity index (χ1n) is 7.99. The van der Waals surface area contributed by atoms with Crippen LogP contribution in [0.2, 0.25) is 0 Å². The van der Waals surface area contributed by atoms with Crippen molar-refractivity contribution in [2.24, 2.45) is 5.92 Å². The summed E-state index contributed by atoms with van der Waals surface area (Å²) < 4.78 is 1.52. The zero-order chi connectivity index (χ0) is 16.9. The van der Waals surface area contributed by atoms with Crippen molar-refractivity contribution >= 4 is 5.91 Å². The molecule has 2 aromatic rings. The number of pyridine rings is 1. The van der Waals surface area contributed by atoms with Crippen LogP contribution < -0.4 is 5.56 Å². The molecule has 7 nitrogen and oxygen atoms in total. The number of aromatic nitrogens is 3. The van der Waals surface area contributed by atoms with Crippen LogP contribution in [0.1, 0.15) is 12.1 Å². The monoisotopic (exact) mass is 328 g/mol. The van der Waals surface area contributed by atoms with Crippen molar-refractivity contribution in [1.29, 1.82) is 0 Å². The molecular weight excluding hydrogens is 308 g/mol. The van der Waals surface area contributed by atoms with Gasteiger partial charge in [-0.05, 0) is 12.5 Å². The zero-order valence-corrected chi connectivity index (χ0v) is 13.3. The molecule has 3 heterocycles. The van der Waals surface area contributed by atoms with Crippen molar-refractivity contribution in [3.05, 3.63) is 59.0 Å². The number of likely N-dealkylation sites (tertiary alicyclic amines) is 1. The molecule has 2 atom stereocenters. The molecule has 1 aliphatic rings. The number of carbonyl (C=O) groups excluding carboxylic acids is 1. The fraction of sp³-hybridized carbons (Fsp3) is 0.412. The van der Waals surface area contributed by atoms with Crippen LogP contribution in [-0.4, -0.2) is 49.6 Å². The number of carbonyl (C=O) groups is 1. The summed E-state index contributed by atoms with van der Waals surface area (Å²) in [7, 11) is 0. The topological polar surface area (TPSA) is 88.3 Å². The maximum Gasteiger partial charge on any atom is 0.250 e. The smallest absolute Gasteiger partial charge is 0.250 e. The third-order valence-electron chi connectivity index (χ3n) is 4.31. The van der Waals surface area contributed by atoms with Crippen molar-refractivity contribution in [2.75, 3.05) is 13.1 Å². The van der Waals surface area contributed by atoms with E-state index in [1.807, 2.05) is 0 Å². The number of amides is 1. The molecule has 0 unspecified atom stereocenters. The van der Waals surface area contributed by atoms with Crippen LogP contribution in [-0.2, 0) is 17.8 Å². The summed E-state index contributed by atoms with van der Waals surface area (Å²) in [5.41, 5.74) is 0.693. The Kier molecular flexibility index (Phi) is 5.00. The van der Waals surface area contributed by atoms with Gasteiger partial charge in [0.25, 0.3) is 5.56 Å². The van der Waals surface area contributed by atoms with Crippen molar-refractivity contribution in [3.63, 3.8) is 0 Å². The molecular formula is C17H20N4O3. The largest absolute Gasteiger partial charge is 0.391 e. The molecule has 0 radical (unpaired) electrons. The fourth-order valence-corrected chi connectivity index (χ4v) is 2.98. The second kappa shape index (κ2) is 7.35. The van der Waals surface area contributed by atoms with Crippen LogP contribution in [0.3, 0.4) is 0 Å². The Morgan fingerprint density at radius 1 is 1.29 bits per heavy atom. The van der Waals surface area contributed by atoms with Crippen molar-refractivity contribution in [2.45, 2.75) is 25.5 Å². The highest BCUT2D eigenvalue weighted by atomic mass is 16.3. The lowest BCUT2D eigenvalue weighted by atomic mass is 10.0. The quantitative estimate of drug-likeness (QED) is 0.840. The number of hydrogen-bond acceptors (Lipinski definition) is 5. The molecule has 0 aliphatic carbocycles. The Balaban J connectivity index is 1.55. The van der Waals surface area contributed by atoms with Gasteiger partial charge in [0.05, 0.1) is 11.8 Å². The first kappa shape index (κ1) is 16.3. The van der Waals surface area contributed by atoms with E-state index in [2.05, 4.69) is 9.97 Å². The van der Waals surface area contributed by atoms with Crippen molar-refractivity contribution in [3.8, 4) is 0 Å². The van der Waals surface area contributed by atoms with Gasteiger partial charge in [-0.3, -0.25) is 19.6 Å². The molecule has 24 heavy (non-hydrogen) atoms. The molecule has 3 rings (SSSR count). The molecule has 1 amide bonds. The van der Waals surface area contributed by atoms with E-state index in [-0.39, 0.29) is 23.8 Å². The second-order valence-electron chi connectivity index (χ2n) is 6.01. The molecule has 7 heteroatoms. The molecule has 1 N–H and O–H groups in total. The highest BCUT2D eigenvalue weighted by Gasteiger charge is 2.33. The summed E-state index contributed by atoms with van der Waals surface area (Å²) >= 11 is 0. The normalized spacial score (nSPS) is 20.3. The number of nitrogens with zero attached hydrogens (tertiary/aromatic N) is 4. The number of rotatable bonds is 5. The third kappa shape index (κ3) is 3.86. The molecule has 1 fully saturated rings. The third-order valence-corrected chi connectivity index (χ3v) is 4.31. The van der Waals surface area contributed by atoms with Gasteiger partial charge < -0.3 is 14.6 Å². The number of aliphatic hydroxyl groups excluding tert-OH is 1. The van der Waals surface area contributed by atoms with Crippen LogP contribution in [0.5, 0.6) is 0 Å². The van der Waals surface area contributed by atoms with Crippen LogP contribution in [0.25, 0.3) is 0 Å². The molecule has 126 valence electrons. The van der Waals surface area contributed by atoms with Crippen LogP contribution >= 0.6 is 0 Å². The van der Waals surface area contributed by atoms with Gasteiger partial charge in [-0.2, -0.15) is 0 Å². The van der Waals surface area contributed by atoms with Gasteiger partial charge in [0.2, 0.25) is 5.91 Å². The molecule has 0 bridgehead atoms. The summed E-state index contributed by atoms with van der Waals surface area (Å²) in [6.07, 6.45) is 6.86. The van der Waals surface area contributed by atoms with E-state index in [0.29, 0.717) is 26.1 Å². The Morgan fingerprint density at radius 3 is 2.92 bits per heavy atom. The van der Waals surface area contributed by atoms with E-state index >= 15 is 0 Å². The van der Waals surface area contributed by atoms with Gasteiger partial charge in [0.1, 0.15) is 0 Å². The van der Waals surface area contributed by atoms with Gasteiger partial charge in [0.15, 0.2) is 0 Å². The average molecular weight is 328 g/mol. The molecule has 0 spiro atoms. The van der Waals surface area contributed by atoms with Crippen LogP contribution in [0.4, 0.5) is 0 Å². The highest BCUT2D eigenvalue weighted by molar-refractivity contribution is 5.76. The summed E-state index contributed by atoms with van der Waals surface area (Å²) in [4.78, 5) is 33.9. The predicted molar refractivity (Wildman–Crippen MR) is 87.1 cm³/mol. The van der Waals surface area contributed by atoms with Gasteiger partial charge in [0, 0.05) is 62.8 Å². The van der Waals surface area contributed by atoms with E-state index in [1.54, 1.807) is 41.8 Å². The minimum absolute atomic E-state index is 0.0369. The summed E-state index contributed by atoms with van der Waals surface area (Å²) in [5, 5.41) is 10.2. The molecule has 0 saturated carbocycles. The van der Waals surface area contributed by atoms with E-state index < -0.39 is 6.10 Å². The van der Waals surface area contributed by atoms with Crippen molar-refractivity contribution in [1.82, 2.24) is 19.4 Å². The SMILES string of the molecule is O=C(CCn1ccccc1=O)N1C[C@@H](Cc2cnccn2)[C@H](O)C1. The molecule has 1 aliphatic heterocycles. The van der Waals surface area contributed by atoms with Crippen LogP contribution in [0.15, 0.2) is 47.8 Å². The van der Waals surface area contributed by atoms with E-state index in [9.17, 15) is 14.7 Å². The number of aryl methyl sites for hydroxylation is 1. The molecule has 2 aromatic heterocycles. The number of aliphatic hydroxyl groups is 1. The Labute approximate surface area is 139 Å². The summed E-state index contributed by atoms with van der Waals surface area (Å²) in [6.45, 7) is 1.17. The average Bonchev–Trinajstić information content (AvgIpc) is 2.96. The maximum atomic E-state index is 12.3. The van der Waals surface area contributed by atoms with Crippen LogP contribution in [0, 0.1) is 5.92 Å². The Bertz CT molecular complexity index is 747. The summed E-state index contributed by atoms with van der Waals surface area (Å²) in [5.74, 6) is -0.0865. The van der Waals surface area contributed by atoms with Crippen molar-refractivity contribution < 1.29 is 9.90 Å². The first-order chi connectivity index (χ1) is 11.6. The van der Waals surface area contributed by atoms with E-state index in [1.165, 1.54) is 10.6 Å². The van der Waals surface area contributed by atoms with Gasteiger partial charge in [-0.1, -0.05) is 6.07 Å². The standard InChI is InChI=1S/C17H20N4O3/c22-15-12-21(11-13(15)9-14-10-18-5-6-19-14)17(24)4-8-20-7-2-1-3-16(20)23/h1-3,5-7,10,13,15,22H,4,8-9,11-12H2/t13-,15-/m1/s1. The molecule has 0 aromatic carbocycles. The van der Waals surface area contributed by atoms with Gasteiger partial charge >= 0.3 is 0 Å². The lowest BCUT2D eigenvalue weighted by molar-refractivity contribution is -0.130. The van der Waals surface area contributed by atoms with Gasteiger partial charge in [-0.25, -0.2) is 0 Å². The van der Waals surface area contributed by atoms with E-state index in [0.717, 1.165) is 5.69 Å². The second-order valence-corrected chi connectivity index (χ2v) is 6.01. The maximum absolute atomic E-state index is 12.3. The summed E-state index contributed by atoms with van der Waals surface area (Å²) in [6, 6.07) is 4.91. The Morgan fingerprint density at radius 2 is 2.17 bits per heavy atom. The first-order valence-corrected chi connectivity index (χ1v) is 7.99. The molecule has 1 saturated heterocycles. The predicted octanol–water partition coefficient (Wildman–Crippen LogP) is 0.0904. The highest BCUT2D eigenvalue weighted by Crippen LogP contribution is 2.21. The minimum Gasteiger partial charge on any atom is -0.391 e. The number of β-amino-alcohol motifs (C(OH)–C–C–N with tert-alkyl or cyclic N) is 1. The zero-order valence-electron chi connectivity index (χ0n) is 13.3. The number of hydrogen-bond donors (Lipinski definition) is 1.